The van der Waals surface area contributed by atoms with E-state index in [1.165, 1.54) is 7.11 Å². The van der Waals surface area contributed by atoms with Crippen molar-refractivity contribution < 1.29 is 24.1 Å². The Hall–Kier alpha value is -2.96. The van der Waals surface area contributed by atoms with E-state index in [-0.39, 0.29) is 28.4 Å². The van der Waals surface area contributed by atoms with Crippen LogP contribution in [-0.4, -0.2) is 59.1 Å². The highest BCUT2D eigenvalue weighted by atomic mass is 35.5. The van der Waals surface area contributed by atoms with Gasteiger partial charge in [0.2, 0.25) is 5.88 Å². The van der Waals surface area contributed by atoms with Gasteiger partial charge in [-0.05, 0) is 42.4 Å². The van der Waals surface area contributed by atoms with Crippen LogP contribution in [0.2, 0.25) is 5.15 Å². The van der Waals surface area contributed by atoms with Crippen molar-refractivity contribution in [2.45, 2.75) is 43.2 Å². The number of nitriles is 1. The molecule has 1 aromatic carbocycles. The van der Waals surface area contributed by atoms with E-state index in [4.69, 9.17) is 21.1 Å². The molecular formula is C31H33ClFN3O4. The fourth-order valence-corrected chi connectivity index (χ4v) is 7.76. The van der Waals surface area contributed by atoms with Gasteiger partial charge in [0.25, 0.3) is 0 Å². The third kappa shape index (κ3) is 3.90. The van der Waals surface area contributed by atoms with E-state index in [0.29, 0.717) is 49.4 Å². The summed E-state index contributed by atoms with van der Waals surface area (Å²) in [6.07, 6.45) is 7.02. The molecule has 3 heterocycles. The first-order valence-electron chi connectivity index (χ1n) is 13.8. The monoisotopic (exact) mass is 565 g/mol. The lowest BCUT2D eigenvalue weighted by molar-refractivity contribution is -0.162. The number of aliphatic hydroxyl groups excluding tert-OH is 1. The molecule has 1 aromatic heterocycles. The molecule has 2 aliphatic heterocycles. The van der Waals surface area contributed by atoms with Gasteiger partial charge in [-0.15, -0.1) is 0 Å². The average Bonchev–Trinajstić information content (AvgIpc) is 3.32. The summed E-state index contributed by atoms with van der Waals surface area (Å²) < 4.78 is 26.5. The van der Waals surface area contributed by atoms with Gasteiger partial charge in [-0.1, -0.05) is 55.0 Å². The summed E-state index contributed by atoms with van der Waals surface area (Å²) >= 11 is 6.35. The van der Waals surface area contributed by atoms with Crippen molar-refractivity contribution in [2.75, 3.05) is 26.7 Å². The standard InChI is InChI=1S/C31H33ClFN3O4/c1-18-5-3-4-6-22(18)26-23(17-36-13-11-21(33)12-14-36)28(37)30(38)27-24(15-25(32)35-29(27)39-2)40-31(26,30)20-9-7-19(16-34)8-10-20/h3-10,15,18,21-23,26,28,37-38H,11-14,17H2,1-2H3/t18?,22?,23-,26-,28-,30+,31+/m1/s1. The topological polar surface area (TPSA) is 98.8 Å². The highest BCUT2D eigenvalue weighted by Gasteiger charge is 2.77. The molecule has 9 heteroatoms. The first-order chi connectivity index (χ1) is 19.2. The predicted molar refractivity (Wildman–Crippen MR) is 148 cm³/mol. The number of ether oxygens (including phenoxy) is 2. The van der Waals surface area contributed by atoms with Crippen LogP contribution in [0.1, 0.15) is 36.5 Å². The summed E-state index contributed by atoms with van der Waals surface area (Å²) in [4.78, 5) is 6.51. The van der Waals surface area contributed by atoms with Crippen molar-refractivity contribution in [3.63, 3.8) is 0 Å². The Morgan fingerprint density at radius 3 is 2.58 bits per heavy atom. The van der Waals surface area contributed by atoms with Crippen LogP contribution in [0.15, 0.2) is 54.6 Å². The Morgan fingerprint density at radius 2 is 1.93 bits per heavy atom. The van der Waals surface area contributed by atoms with Crippen LogP contribution in [0.5, 0.6) is 11.6 Å². The van der Waals surface area contributed by atoms with Crippen LogP contribution >= 0.6 is 11.6 Å². The van der Waals surface area contributed by atoms with Gasteiger partial charge in [0.1, 0.15) is 17.1 Å². The van der Waals surface area contributed by atoms with Crippen molar-refractivity contribution in [3.05, 3.63) is 76.5 Å². The van der Waals surface area contributed by atoms with Gasteiger partial charge >= 0.3 is 0 Å². The minimum Gasteiger partial charge on any atom is -0.481 e. The molecule has 0 amide bonds. The molecule has 210 valence electrons. The molecule has 0 spiro atoms. The first-order valence-corrected chi connectivity index (χ1v) is 14.2. The van der Waals surface area contributed by atoms with Gasteiger partial charge in [-0.2, -0.15) is 5.26 Å². The van der Waals surface area contributed by atoms with Crippen LogP contribution in [-0.2, 0) is 11.2 Å². The number of rotatable bonds is 5. The number of halogens is 2. The lowest BCUT2D eigenvalue weighted by Gasteiger charge is -2.45. The summed E-state index contributed by atoms with van der Waals surface area (Å²) in [6, 6.07) is 10.7. The lowest BCUT2D eigenvalue weighted by Crippen LogP contribution is -2.54. The molecule has 4 aliphatic rings. The fourth-order valence-electron chi connectivity index (χ4n) is 7.58. The van der Waals surface area contributed by atoms with Gasteiger partial charge < -0.3 is 24.6 Å². The van der Waals surface area contributed by atoms with E-state index in [2.05, 4.69) is 35.0 Å². The number of likely N-dealkylation sites (tertiary alicyclic amines) is 1. The van der Waals surface area contributed by atoms with Crippen molar-refractivity contribution in [2.24, 2.45) is 23.7 Å². The molecular weight excluding hydrogens is 533 g/mol. The maximum absolute atomic E-state index is 14.0. The minimum absolute atomic E-state index is 0.0785. The largest absolute Gasteiger partial charge is 0.481 e. The summed E-state index contributed by atoms with van der Waals surface area (Å²) in [5.74, 6) is -0.520. The number of aliphatic hydroxyl groups is 2. The molecule has 2 fully saturated rings. The molecule has 2 aliphatic carbocycles. The normalized spacial score (nSPS) is 35.2. The van der Waals surface area contributed by atoms with Crippen molar-refractivity contribution in [1.29, 1.82) is 5.26 Å². The molecule has 40 heavy (non-hydrogen) atoms. The summed E-state index contributed by atoms with van der Waals surface area (Å²) in [5.41, 5.74) is -2.06. The molecule has 6 rings (SSSR count). The summed E-state index contributed by atoms with van der Waals surface area (Å²) in [6.45, 7) is 3.73. The number of nitrogens with zero attached hydrogens (tertiary/aromatic N) is 3. The number of benzene rings is 1. The molecule has 2 N–H and O–H groups in total. The quantitative estimate of drug-likeness (QED) is 0.515. The third-order valence-electron chi connectivity index (χ3n) is 9.40. The number of fused-ring (bicyclic) bond motifs is 3. The van der Waals surface area contributed by atoms with E-state index in [1.54, 1.807) is 30.3 Å². The van der Waals surface area contributed by atoms with Crippen LogP contribution in [0.4, 0.5) is 4.39 Å². The zero-order valence-electron chi connectivity index (χ0n) is 22.5. The van der Waals surface area contributed by atoms with Crippen LogP contribution < -0.4 is 9.47 Å². The molecule has 0 bridgehead atoms. The number of hydrogen-bond acceptors (Lipinski definition) is 7. The zero-order chi connectivity index (χ0) is 28.2. The number of allylic oxidation sites excluding steroid dienone is 4. The second-order valence-electron chi connectivity index (χ2n) is 11.4. The molecule has 1 saturated carbocycles. The predicted octanol–water partition coefficient (Wildman–Crippen LogP) is 4.51. The Bertz CT molecular complexity index is 1390. The smallest absolute Gasteiger partial charge is 0.224 e. The summed E-state index contributed by atoms with van der Waals surface area (Å²) in [5, 5.41) is 34.9. The van der Waals surface area contributed by atoms with Crippen LogP contribution in [0, 0.1) is 35.0 Å². The summed E-state index contributed by atoms with van der Waals surface area (Å²) in [7, 11) is 1.44. The number of piperidine rings is 1. The third-order valence-corrected chi connectivity index (χ3v) is 9.60. The Labute approximate surface area is 238 Å². The molecule has 7 nitrogen and oxygen atoms in total. The van der Waals surface area contributed by atoms with Gasteiger partial charge in [0, 0.05) is 37.5 Å². The first kappa shape index (κ1) is 27.2. The van der Waals surface area contributed by atoms with Crippen LogP contribution in [0.25, 0.3) is 0 Å². The van der Waals surface area contributed by atoms with E-state index in [1.807, 2.05) is 12.2 Å². The maximum Gasteiger partial charge on any atom is 0.224 e. The van der Waals surface area contributed by atoms with Gasteiger partial charge in [-0.25, -0.2) is 9.37 Å². The second kappa shape index (κ2) is 10.1. The minimum atomic E-state index is -1.96. The van der Waals surface area contributed by atoms with E-state index in [0.717, 1.165) is 0 Å². The number of alkyl halides is 1. The molecule has 1 saturated heterocycles. The van der Waals surface area contributed by atoms with Crippen LogP contribution in [0.3, 0.4) is 0 Å². The number of aromatic nitrogens is 1. The van der Waals surface area contributed by atoms with Gasteiger partial charge in [-0.3, -0.25) is 0 Å². The highest BCUT2D eigenvalue weighted by Crippen LogP contribution is 2.69. The molecule has 2 aromatic rings. The Morgan fingerprint density at radius 1 is 1.23 bits per heavy atom. The van der Waals surface area contributed by atoms with E-state index in [9.17, 15) is 19.9 Å². The molecule has 7 atom stereocenters. The SMILES string of the molecule is COc1nc(Cl)cc2c1[C@]1(O)[C@H](O)[C@H](CN3CCC(F)CC3)[C@@H](C3C=CC=CC3C)[C@]1(c1ccc(C#N)cc1)O2. The van der Waals surface area contributed by atoms with Crippen molar-refractivity contribution in [1.82, 2.24) is 9.88 Å². The molecule has 0 radical (unpaired) electrons. The number of methoxy groups -OCH3 is 1. The zero-order valence-corrected chi connectivity index (χ0v) is 23.3. The Kier molecular flexibility index (Phi) is 6.90. The van der Waals surface area contributed by atoms with Gasteiger partial charge in [0.05, 0.1) is 30.4 Å². The fraction of sp³-hybridized carbons (Fsp3) is 0.484. The lowest BCUT2D eigenvalue weighted by atomic mass is 9.65. The number of pyridine rings is 1. The second-order valence-corrected chi connectivity index (χ2v) is 11.8. The van der Waals surface area contributed by atoms with Crippen molar-refractivity contribution >= 4 is 11.6 Å². The highest BCUT2D eigenvalue weighted by molar-refractivity contribution is 6.29. The van der Waals surface area contributed by atoms with E-state index < -0.39 is 35.3 Å². The van der Waals surface area contributed by atoms with Crippen molar-refractivity contribution in [3.8, 4) is 17.7 Å². The molecule has 2 unspecified atom stereocenters. The Balaban J connectivity index is 1.59. The van der Waals surface area contributed by atoms with E-state index >= 15 is 0 Å². The van der Waals surface area contributed by atoms with Gasteiger partial charge in [0.15, 0.2) is 11.2 Å². The average molecular weight is 566 g/mol. The number of hydrogen-bond donors (Lipinski definition) is 2. The maximum atomic E-state index is 14.0.